The maximum atomic E-state index is 13.1. The minimum Gasteiger partial charge on any atom is -0.486 e. The molecular formula is C16H17NO4S2. The number of ether oxygens (including phenoxy) is 2. The third-order valence-corrected chi connectivity index (χ3v) is 6.62. The molecule has 1 aliphatic heterocycles. The summed E-state index contributed by atoms with van der Waals surface area (Å²) in [5.74, 6) is 1.11. The lowest BCUT2D eigenvalue weighted by molar-refractivity contribution is 0.171. The molecule has 0 radical (unpaired) electrons. The molecule has 0 unspecified atom stereocenters. The third-order valence-electron chi connectivity index (χ3n) is 3.99. The highest BCUT2D eigenvalue weighted by atomic mass is 32.2. The zero-order valence-electron chi connectivity index (χ0n) is 12.5. The van der Waals surface area contributed by atoms with Crippen LogP contribution < -0.4 is 9.47 Å². The highest BCUT2D eigenvalue weighted by Gasteiger charge is 2.38. The Kier molecular flexibility index (Phi) is 3.79. The zero-order valence-corrected chi connectivity index (χ0v) is 14.1. The minimum atomic E-state index is -3.54. The van der Waals surface area contributed by atoms with Gasteiger partial charge in [-0.1, -0.05) is 0 Å². The summed E-state index contributed by atoms with van der Waals surface area (Å²) in [7, 11) is -3.54. The van der Waals surface area contributed by atoms with E-state index in [1.54, 1.807) is 33.8 Å². The lowest BCUT2D eigenvalue weighted by atomic mass is 10.3. The number of nitrogens with zero attached hydrogens (tertiary/aromatic N) is 1. The molecule has 0 atom stereocenters. The highest BCUT2D eigenvalue weighted by Crippen LogP contribution is 2.37. The van der Waals surface area contributed by atoms with Gasteiger partial charge < -0.3 is 9.47 Å². The number of hydrogen-bond donors (Lipinski definition) is 0. The second-order valence-corrected chi connectivity index (χ2v) is 8.39. The largest absolute Gasteiger partial charge is 0.486 e. The van der Waals surface area contributed by atoms with Crippen molar-refractivity contribution in [3.05, 3.63) is 40.6 Å². The number of fused-ring (bicyclic) bond motifs is 1. The fraction of sp³-hybridized carbons (Fsp3) is 0.375. The standard InChI is InChI=1S/C16H17NO4S2/c18-23(19,14-3-4-15-16(9-14)21-7-6-20-15)17(13-1-2-13)10-12-5-8-22-11-12/h3-5,8-9,11,13H,1-2,6-7,10H2. The van der Waals surface area contributed by atoms with Crippen LogP contribution in [0.25, 0.3) is 0 Å². The van der Waals surface area contributed by atoms with Crippen molar-refractivity contribution in [1.29, 1.82) is 0 Å². The summed E-state index contributed by atoms with van der Waals surface area (Å²) >= 11 is 1.58. The van der Waals surface area contributed by atoms with E-state index >= 15 is 0 Å². The molecular weight excluding hydrogens is 334 g/mol. The smallest absolute Gasteiger partial charge is 0.243 e. The van der Waals surface area contributed by atoms with Gasteiger partial charge in [0.2, 0.25) is 10.0 Å². The van der Waals surface area contributed by atoms with Crippen molar-refractivity contribution in [1.82, 2.24) is 4.31 Å². The molecule has 1 aromatic carbocycles. The lowest BCUT2D eigenvalue weighted by Crippen LogP contribution is -2.32. The first-order valence-electron chi connectivity index (χ1n) is 7.57. The minimum absolute atomic E-state index is 0.105. The molecule has 1 saturated carbocycles. The van der Waals surface area contributed by atoms with E-state index in [-0.39, 0.29) is 10.9 Å². The van der Waals surface area contributed by atoms with Crippen molar-refractivity contribution >= 4 is 21.4 Å². The zero-order chi connectivity index (χ0) is 15.9. The maximum absolute atomic E-state index is 13.1. The van der Waals surface area contributed by atoms with Crippen LogP contribution >= 0.6 is 11.3 Å². The van der Waals surface area contributed by atoms with E-state index in [2.05, 4.69) is 0 Å². The van der Waals surface area contributed by atoms with Gasteiger partial charge in [0.05, 0.1) is 4.90 Å². The van der Waals surface area contributed by atoms with Crippen molar-refractivity contribution in [2.24, 2.45) is 0 Å². The number of rotatable bonds is 5. The second-order valence-electron chi connectivity index (χ2n) is 5.72. The summed E-state index contributed by atoms with van der Waals surface area (Å²) in [5.41, 5.74) is 1.03. The monoisotopic (exact) mass is 351 g/mol. The van der Waals surface area contributed by atoms with Gasteiger partial charge in [-0.05, 0) is 47.4 Å². The first-order valence-corrected chi connectivity index (χ1v) is 9.95. The predicted molar refractivity (Wildman–Crippen MR) is 87.5 cm³/mol. The van der Waals surface area contributed by atoms with Gasteiger partial charge in [0, 0.05) is 18.7 Å². The van der Waals surface area contributed by atoms with Gasteiger partial charge in [0.1, 0.15) is 13.2 Å². The van der Waals surface area contributed by atoms with E-state index in [9.17, 15) is 8.42 Å². The number of sulfonamides is 1. The van der Waals surface area contributed by atoms with Crippen LogP contribution in [0.15, 0.2) is 39.9 Å². The number of thiophene rings is 1. The molecule has 2 aliphatic rings. The molecule has 1 aliphatic carbocycles. The maximum Gasteiger partial charge on any atom is 0.243 e. The average Bonchev–Trinajstić information content (AvgIpc) is 3.27. The van der Waals surface area contributed by atoms with Crippen LogP contribution in [0, 0.1) is 0 Å². The molecule has 1 aromatic heterocycles. The van der Waals surface area contributed by atoms with E-state index in [4.69, 9.17) is 9.47 Å². The third kappa shape index (κ3) is 2.96. The molecule has 23 heavy (non-hydrogen) atoms. The number of benzene rings is 1. The van der Waals surface area contributed by atoms with Crippen molar-refractivity contribution in [3.8, 4) is 11.5 Å². The first-order chi connectivity index (χ1) is 11.1. The SMILES string of the molecule is O=S(=O)(c1ccc2c(c1)OCCO2)N(Cc1ccsc1)C1CC1. The first kappa shape index (κ1) is 15.0. The van der Waals surface area contributed by atoms with Gasteiger partial charge in [-0.25, -0.2) is 8.42 Å². The van der Waals surface area contributed by atoms with Crippen LogP contribution in [0.4, 0.5) is 0 Å². The molecule has 4 rings (SSSR count). The molecule has 2 heterocycles. The summed E-state index contributed by atoms with van der Waals surface area (Å²) in [6.07, 6.45) is 1.85. The Balaban J connectivity index is 1.67. The van der Waals surface area contributed by atoms with E-state index < -0.39 is 10.0 Å². The van der Waals surface area contributed by atoms with E-state index in [1.165, 1.54) is 0 Å². The van der Waals surface area contributed by atoms with Gasteiger partial charge in [0.25, 0.3) is 0 Å². The van der Waals surface area contributed by atoms with Gasteiger partial charge in [-0.3, -0.25) is 0 Å². The quantitative estimate of drug-likeness (QED) is 0.831. The summed E-state index contributed by atoms with van der Waals surface area (Å²) in [6, 6.07) is 6.93. The molecule has 1 fully saturated rings. The molecule has 0 N–H and O–H groups in total. The van der Waals surface area contributed by atoms with Gasteiger partial charge in [-0.2, -0.15) is 15.6 Å². The molecule has 0 saturated heterocycles. The molecule has 7 heteroatoms. The van der Waals surface area contributed by atoms with E-state index in [0.717, 1.165) is 18.4 Å². The van der Waals surface area contributed by atoms with Crippen molar-refractivity contribution in [3.63, 3.8) is 0 Å². The topological polar surface area (TPSA) is 55.8 Å². The van der Waals surface area contributed by atoms with E-state index in [0.29, 0.717) is 31.3 Å². The summed E-state index contributed by atoms with van der Waals surface area (Å²) in [4.78, 5) is 0.267. The Hall–Kier alpha value is -1.57. The van der Waals surface area contributed by atoms with Gasteiger partial charge in [-0.15, -0.1) is 0 Å². The Morgan fingerprint density at radius 3 is 2.61 bits per heavy atom. The normalized spacial score (nSPS) is 17.4. The summed E-state index contributed by atoms with van der Waals surface area (Å²) in [6.45, 7) is 1.36. The van der Waals surface area contributed by atoms with Crippen LogP contribution in [0.3, 0.4) is 0 Å². The van der Waals surface area contributed by atoms with Crippen molar-refractivity contribution in [2.75, 3.05) is 13.2 Å². The lowest BCUT2D eigenvalue weighted by Gasteiger charge is -2.23. The highest BCUT2D eigenvalue weighted by molar-refractivity contribution is 7.89. The van der Waals surface area contributed by atoms with Crippen LogP contribution in [0.1, 0.15) is 18.4 Å². The van der Waals surface area contributed by atoms with Crippen molar-refractivity contribution in [2.45, 2.75) is 30.3 Å². The Morgan fingerprint density at radius 2 is 1.91 bits per heavy atom. The Morgan fingerprint density at radius 1 is 1.13 bits per heavy atom. The van der Waals surface area contributed by atoms with Gasteiger partial charge in [0.15, 0.2) is 11.5 Å². The molecule has 122 valence electrons. The van der Waals surface area contributed by atoms with Crippen molar-refractivity contribution < 1.29 is 17.9 Å². The fourth-order valence-corrected chi connectivity index (χ4v) is 5.00. The fourth-order valence-electron chi connectivity index (χ4n) is 2.65. The van der Waals surface area contributed by atoms with Crippen LogP contribution in [0.5, 0.6) is 11.5 Å². The average molecular weight is 351 g/mol. The van der Waals surface area contributed by atoms with Gasteiger partial charge >= 0.3 is 0 Å². The molecule has 0 bridgehead atoms. The predicted octanol–water partition coefficient (Wildman–Crippen LogP) is 2.87. The van der Waals surface area contributed by atoms with Crippen LogP contribution in [-0.4, -0.2) is 32.0 Å². The Labute approximate surface area is 139 Å². The van der Waals surface area contributed by atoms with Crippen LogP contribution in [-0.2, 0) is 16.6 Å². The number of hydrogen-bond acceptors (Lipinski definition) is 5. The van der Waals surface area contributed by atoms with Crippen LogP contribution in [0.2, 0.25) is 0 Å². The summed E-state index contributed by atoms with van der Waals surface area (Å²) < 4.78 is 38.7. The molecule has 5 nitrogen and oxygen atoms in total. The summed E-state index contributed by atoms with van der Waals surface area (Å²) in [5, 5.41) is 3.96. The Bertz CT molecular complexity index is 797. The molecule has 0 amide bonds. The second kappa shape index (κ2) is 5.81. The molecule has 0 spiro atoms. The van der Waals surface area contributed by atoms with E-state index in [1.807, 2.05) is 16.8 Å². The molecule has 2 aromatic rings.